The van der Waals surface area contributed by atoms with Crippen LogP contribution in [-0.2, 0) is 0 Å². The van der Waals surface area contributed by atoms with Crippen LogP contribution in [0.5, 0.6) is 0 Å². The van der Waals surface area contributed by atoms with Gasteiger partial charge in [0.1, 0.15) is 0 Å². The molecule has 1 atom stereocenters. The number of carbonyl (C=O) groups excluding carboxylic acids is 1. The number of benzene rings is 1. The van der Waals surface area contributed by atoms with E-state index in [4.69, 9.17) is 0 Å². The van der Waals surface area contributed by atoms with Crippen molar-refractivity contribution >= 4 is 5.78 Å². The average Bonchev–Trinajstić information content (AvgIpc) is 2.51. The lowest BCUT2D eigenvalue weighted by Crippen LogP contribution is -1.97. The van der Waals surface area contributed by atoms with Crippen molar-refractivity contribution in [1.82, 2.24) is 0 Å². The van der Waals surface area contributed by atoms with Gasteiger partial charge in [-0.15, -0.1) is 0 Å². The van der Waals surface area contributed by atoms with Gasteiger partial charge in [0.25, 0.3) is 0 Å². The van der Waals surface area contributed by atoms with Crippen molar-refractivity contribution in [3.63, 3.8) is 0 Å². The topological polar surface area (TPSA) is 17.1 Å². The molecule has 0 radical (unpaired) electrons. The van der Waals surface area contributed by atoms with Gasteiger partial charge in [0.2, 0.25) is 0 Å². The van der Waals surface area contributed by atoms with Crippen LogP contribution >= 0.6 is 0 Å². The highest BCUT2D eigenvalue weighted by atomic mass is 16.1. The maximum absolute atomic E-state index is 11.9. The number of hydrogen-bond acceptors (Lipinski definition) is 1. The fraction of sp³-hybridized carbons (Fsp3) is 0.500. The van der Waals surface area contributed by atoms with Gasteiger partial charge >= 0.3 is 0 Å². The van der Waals surface area contributed by atoms with Crippen LogP contribution in [0.1, 0.15) is 59.2 Å². The largest absolute Gasteiger partial charge is 0.294 e. The predicted molar refractivity (Wildman–Crippen MR) is 62.5 cm³/mol. The number of hydrogen-bond donors (Lipinski definition) is 0. The number of carbonyl (C=O) groups is 1. The van der Waals surface area contributed by atoms with Crippen molar-refractivity contribution in [2.45, 2.75) is 46.0 Å². The number of ketones is 1. The van der Waals surface area contributed by atoms with Gasteiger partial charge in [0.15, 0.2) is 5.78 Å². The van der Waals surface area contributed by atoms with Crippen molar-refractivity contribution in [2.24, 2.45) is 0 Å². The Bertz CT molecular complexity index is 404. The first kappa shape index (κ1) is 10.4. The first-order valence-electron chi connectivity index (χ1n) is 5.78. The molecule has 0 spiro atoms. The first-order valence-corrected chi connectivity index (χ1v) is 5.78. The van der Waals surface area contributed by atoms with E-state index in [0.29, 0.717) is 11.7 Å². The van der Waals surface area contributed by atoms with Crippen molar-refractivity contribution in [1.29, 1.82) is 0 Å². The van der Waals surface area contributed by atoms with Gasteiger partial charge in [-0.2, -0.15) is 0 Å². The third-order valence-corrected chi connectivity index (χ3v) is 3.43. The van der Waals surface area contributed by atoms with Crippen LogP contribution in [0, 0.1) is 13.8 Å². The van der Waals surface area contributed by atoms with Crippen LogP contribution in [0.2, 0.25) is 0 Å². The summed E-state index contributed by atoms with van der Waals surface area (Å²) in [5.74, 6) is 0.835. The molecule has 1 heteroatoms. The fourth-order valence-electron chi connectivity index (χ4n) is 2.75. The number of rotatable bonds is 2. The molecule has 0 amide bonds. The van der Waals surface area contributed by atoms with Crippen LogP contribution in [0.25, 0.3) is 0 Å². The van der Waals surface area contributed by atoms with Crippen LogP contribution < -0.4 is 0 Å². The maximum Gasteiger partial charge on any atom is 0.164 e. The van der Waals surface area contributed by atoms with E-state index < -0.39 is 0 Å². The summed E-state index contributed by atoms with van der Waals surface area (Å²) >= 11 is 0. The lowest BCUT2D eigenvalue weighted by atomic mass is 9.91. The highest BCUT2D eigenvalue weighted by Crippen LogP contribution is 2.39. The standard InChI is InChI=1S/C14H18O/c1-4-5-11-8-12(15)14-10(3)7-6-9(2)13(11)14/h6-7,11H,4-5,8H2,1-3H3. The third kappa shape index (κ3) is 1.60. The Balaban J connectivity index is 2.54. The van der Waals surface area contributed by atoms with E-state index in [9.17, 15) is 4.79 Å². The van der Waals surface area contributed by atoms with Gasteiger partial charge in [-0.1, -0.05) is 25.5 Å². The predicted octanol–water partition coefficient (Wildman–Crippen LogP) is 3.77. The van der Waals surface area contributed by atoms with E-state index in [-0.39, 0.29) is 0 Å². The van der Waals surface area contributed by atoms with E-state index >= 15 is 0 Å². The molecule has 1 aromatic rings. The summed E-state index contributed by atoms with van der Waals surface area (Å²) in [6.45, 7) is 6.36. The molecule has 15 heavy (non-hydrogen) atoms. The first-order chi connectivity index (χ1) is 7.15. The molecule has 1 aromatic carbocycles. The van der Waals surface area contributed by atoms with Gasteiger partial charge in [-0.3, -0.25) is 4.79 Å². The Morgan fingerprint density at radius 3 is 2.60 bits per heavy atom. The SMILES string of the molecule is CCCC1CC(=O)c2c(C)ccc(C)c21. The van der Waals surface area contributed by atoms with Crippen LogP contribution in [0.4, 0.5) is 0 Å². The zero-order chi connectivity index (χ0) is 11.0. The smallest absolute Gasteiger partial charge is 0.164 e. The molecule has 0 saturated carbocycles. The van der Waals surface area contributed by atoms with E-state index in [1.54, 1.807) is 0 Å². The minimum atomic E-state index is 0.352. The Morgan fingerprint density at radius 2 is 1.93 bits per heavy atom. The summed E-state index contributed by atoms with van der Waals surface area (Å²) in [5, 5.41) is 0. The quantitative estimate of drug-likeness (QED) is 0.713. The zero-order valence-corrected chi connectivity index (χ0v) is 9.76. The Morgan fingerprint density at radius 1 is 1.27 bits per heavy atom. The summed E-state index contributed by atoms with van der Waals surface area (Å²) < 4.78 is 0. The molecule has 1 aliphatic carbocycles. The number of Topliss-reactive ketones (excluding diaryl/α,β-unsaturated/α-hetero) is 1. The van der Waals surface area contributed by atoms with Gasteiger partial charge in [0, 0.05) is 12.0 Å². The maximum atomic E-state index is 11.9. The number of aryl methyl sites for hydroxylation is 2. The molecule has 2 rings (SSSR count). The molecular formula is C14H18O. The third-order valence-electron chi connectivity index (χ3n) is 3.43. The second-order valence-corrected chi connectivity index (χ2v) is 4.60. The van der Waals surface area contributed by atoms with Gasteiger partial charge in [-0.25, -0.2) is 0 Å². The van der Waals surface area contributed by atoms with Crippen LogP contribution in [0.15, 0.2) is 12.1 Å². The van der Waals surface area contributed by atoms with Crippen molar-refractivity contribution in [3.05, 3.63) is 34.4 Å². The van der Waals surface area contributed by atoms with Crippen molar-refractivity contribution < 1.29 is 4.79 Å². The highest BCUT2D eigenvalue weighted by molar-refractivity contribution is 6.03. The molecule has 0 fully saturated rings. The lowest BCUT2D eigenvalue weighted by Gasteiger charge is -2.12. The molecule has 1 aliphatic rings. The van der Waals surface area contributed by atoms with Gasteiger partial charge in [-0.05, 0) is 42.9 Å². The van der Waals surface area contributed by atoms with E-state index in [0.717, 1.165) is 30.4 Å². The summed E-state index contributed by atoms with van der Waals surface area (Å²) in [5.41, 5.74) is 4.80. The second kappa shape index (κ2) is 3.80. The van der Waals surface area contributed by atoms with E-state index in [1.807, 2.05) is 6.92 Å². The highest BCUT2D eigenvalue weighted by Gasteiger charge is 2.31. The minimum absolute atomic E-state index is 0.352. The van der Waals surface area contributed by atoms with Crippen LogP contribution in [-0.4, -0.2) is 5.78 Å². The molecule has 0 N–H and O–H groups in total. The molecule has 0 saturated heterocycles. The summed E-state index contributed by atoms with van der Waals surface area (Å²) in [6.07, 6.45) is 3.03. The summed E-state index contributed by atoms with van der Waals surface area (Å²) in [6, 6.07) is 4.22. The molecule has 0 aliphatic heterocycles. The molecule has 0 heterocycles. The molecule has 0 aromatic heterocycles. The average molecular weight is 202 g/mol. The second-order valence-electron chi connectivity index (χ2n) is 4.60. The van der Waals surface area contributed by atoms with E-state index in [1.165, 1.54) is 11.1 Å². The van der Waals surface area contributed by atoms with E-state index in [2.05, 4.69) is 26.0 Å². The molecule has 1 unspecified atom stereocenters. The van der Waals surface area contributed by atoms with Crippen LogP contribution in [0.3, 0.4) is 0 Å². The Labute approximate surface area is 91.5 Å². The minimum Gasteiger partial charge on any atom is -0.294 e. The normalized spacial score (nSPS) is 19.4. The zero-order valence-electron chi connectivity index (χ0n) is 9.76. The summed E-state index contributed by atoms with van der Waals surface area (Å²) in [7, 11) is 0. The van der Waals surface area contributed by atoms with Crippen molar-refractivity contribution in [3.8, 4) is 0 Å². The lowest BCUT2D eigenvalue weighted by molar-refractivity contribution is 0.0987. The van der Waals surface area contributed by atoms with Crippen molar-refractivity contribution in [2.75, 3.05) is 0 Å². The van der Waals surface area contributed by atoms with Gasteiger partial charge < -0.3 is 0 Å². The Kier molecular flexibility index (Phi) is 2.64. The monoisotopic (exact) mass is 202 g/mol. The fourth-order valence-corrected chi connectivity index (χ4v) is 2.75. The number of fused-ring (bicyclic) bond motifs is 1. The summed E-state index contributed by atoms with van der Waals surface area (Å²) in [4.78, 5) is 11.9. The van der Waals surface area contributed by atoms with Gasteiger partial charge in [0.05, 0.1) is 0 Å². The molecule has 80 valence electrons. The molecule has 0 bridgehead atoms. The Hall–Kier alpha value is -1.11. The molecule has 1 nitrogen and oxygen atoms in total. The molecular weight excluding hydrogens is 184 g/mol.